The third-order valence-corrected chi connectivity index (χ3v) is 6.26. The van der Waals surface area contributed by atoms with Crippen molar-refractivity contribution in [2.75, 3.05) is 39.4 Å². The molecule has 3 N–H and O–H groups in total. The monoisotopic (exact) mass is 429 g/mol. The second kappa shape index (κ2) is 10.0. The van der Waals surface area contributed by atoms with E-state index >= 15 is 0 Å². The Hall–Kier alpha value is -2.47. The van der Waals surface area contributed by atoms with Crippen LogP contribution in [0.1, 0.15) is 17.7 Å². The second-order valence-electron chi connectivity index (χ2n) is 7.53. The molecule has 0 unspecified atom stereocenters. The van der Waals surface area contributed by atoms with Crippen LogP contribution in [-0.2, 0) is 15.9 Å². The predicted molar refractivity (Wildman–Crippen MR) is 114 cm³/mol. The van der Waals surface area contributed by atoms with E-state index in [0.29, 0.717) is 43.4 Å². The van der Waals surface area contributed by atoms with Crippen molar-refractivity contribution in [1.29, 1.82) is 0 Å². The van der Waals surface area contributed by atoms with Gasteiger partial charge in [-0.2, -0.15) is 0 Å². The Kier molecular flexibility index (Phi) is 6.95. The number of hydrogen-bond acceptors (Lipinski definition) is 6. The highest BCUT2D eigenvalue weighted by Crippen LogP contribution is 2.24. The van der Waals surface area contributed by atoms with E-state index in [1.165, 1.54) is 4.88 Å². The summed E-state index contributed by atoms with van der Waals surface area (Å²) in [6.45, 7) is 4.00. The maximum atomic E-state index is 12.5. The summed E-state index contributed by atoms with van der Waals surface area (Å²) in [6.07, 6.45) is 3.86. The van der Waals surface area contributed by atoms with Gasteiger partial charge in [-0.05, 0) is 55.6 Å². The number of thiophene rings is 1. The topological polar surface area (TPSA) is 83.1 Å². The van der Waals surface area contributed by atoms with Gasteiger partial charge < -0.3 is 30.1 Å². The molecule has 1 aromatic heterocycles. The lowest BCUT2D eigenvalue weighted by Gasteiger charge is -2.29. The van der Waals surface area contributed by atoms with Gasteiger partial charge in [-0.3, -0.25) is 0 Å². The molecule has 30 heavy (non-hydrogen) atoms. The van der Waals surface area contributed by atoms with Gasteiger partial charge in [0, 0.05) is 23.5 Å². The zero-order chi connectivity index (χ0) is 20.8. The van der Waals surface area contributed by atoms with E-state index in [0.717, 1.165) is 32.4 Å². The van der Waals surface area contributed by atoms with Gasteiger partial charge in [0.1, 0.15) is 19.3 Å². The number of carbonyl (C=O) groups excluding carboxylic acids is 1. The number of rotatable bonds is 8. The summed E-state index contributed by atoms with van der Waals surface area (Å²) in [6, 6.07) is 3.30. The Morgan fingerprint density at radius 2 is 2.10 bits per heavy atom. The first kappa shape index (κ1) is 20.8. The fourth-order valence-electron chi connectivity index (χ4n) is 3.76. The van der Waals surface area contributed by atoms with Crippen LogP contribution < -0.4 is 10.6 Å². The molecular formula is C22H27N3O4S. The maximum Gasteiger partial charge on any atom is 0.315 e. The van der Waals surface area contributed by atoms with Crippen molar-refractivity contribution >= 4 is 17.4 Å². The van der Waals surface area contributed by atoms with E-state index in [1.807, 2.05) is 11.4 Å². The quantitative estimate of drug-likeness (QED) is 0.550. The highest BCUT2D eigenvalue weighted by Gasteiger charge is 2.29. The summed E-state index contributed by atoms with van der Waals surface area (Å²) >= 11 is 1.68. The van der Waals surface area contributed by atoms with Gasteiger partial charge in [0.05, 0.1) is 6.04 Å². The van der Waals surface area contributed by atoms with Crippen molar-refractivity contribution < 1.29 is 19.4 Å². The number of nitrogens with one attached hydrogen (secondary N) is 2. The van der Waals surface area contributed by atoms with Crippen LogP contribution in [0.4, 0.5) is 4.79 Å². The van der Waals surface area contributed by atoms with E-state index in [2.05, 4.69) is 33.1 Å². The minimum absolute atomic E-state index is 0.281. The molecule has 3 heterocycles. The molecule has 0 radical (unpaired) electrons. The smallest absolute Gasteiger partial charge is 0.315 e. The third-order valence-electron chi connectivity index (χ3n) is 5.32. The molecule has 2 fully saturated rings. The first-order valence-corrected chi connectivity index (χ1v) is 11.3. The van der Waals surface area contributed by atoms with Gasteiger partial charge in [-0.15, -0.1) is 11.3 Å². The van der Waals surface area contributed by atoms with E-state index in [-0.39, 0.29) is 6.03 Å². The predicted octanol–water partition coefficient (Wildman–Crippen LogP) is 1.92. The maximum absolute atomic E-state index is 12.5. The SMILES string of the molecule is O=C(NCCc1cccs1)N[C@H](CN1CCCC1)[C@H](O)C1=C=C=C2OCCOC2=C1. The number of ether oxygens (including phenoxy) is 2. The lowest BCUT2D eigenvalue weighted by Crippen LogP contribution is -2.53. The highest BCUT2D eigenvalue weighted by atomic mass is 32.1. The molecule has 1 aromatic rings. The fourth-order valence-corrected chi connectivity index (χ4v) is 4.47. The Morgan fingerprint density at radius 1 is 1.27 bits per heavy atom. The van der Waals surface area contributed by atoms with Crippen LogP contribution in [0.2, 0.25) is 0 Å². The molecule has 8 heteroatoms. The van der Waals surface area contributed by atoms with Gasteiger partial charge in [-0.25, -0.2) is 4.79 Å². The van der Waals surface area contributed by atoms with Crippen LogP contribution in [0, 0.1) is 0 Å². The van der Waals surface area contributed by atoms with E-state index in [9.17, 15) is 9.90 Å². The molecule has 2 aliphatic heterocycles. The van der Waals surface area contributed by atoms with Gasteiger partial charge >= 0.3 is 6.03 Å². The summed E-state index contributed by atoms with van der Waals surface area (Å²) in [4.78, 5) is 16.0. The Bertz CT molecular complexity index is 876. The fraction of sp³-hybridized carbons (Fsp3) is 0.500. The van der Waals surface area contributed by atoms with Crippen molar-refractivity contribution in [1.82, 2.24) is 15.5 Å². The van der Waals surface area contributed by atoms with Crippen LogP contribution in [0.25, 0.3) is 0 Å². The summed E-state index contributed by atoms with van der Waals surface area (Å²) in [5.74, 6) is 1.06. The number of urea groups is 1. The first-order chi connectivity index (χ1) is 14.7. The van der Waals surface area contributed by atoms with Crippen LogP contribution in [-0.4, -0.2) is 67.6 Å². The lowest BCUT2D eigenvalue weighted by atomic mass is 10.00. The molecule has 0 spiro atoms. The molecule has 1 aliphatic carbocycles. The van der Waals surface area contributed by atoms with Crippen molar-refractivity contribution in [3.63, 3.8) is 0 Å². The standard InChI is InChI=1S/C22H27N3O4S/c26-21(16-5-6-19-20(14-16)29-12-11-28-19)18(15-25-9-1-2-10-25)24-22(27)23-8-7-17-4-3-13-30-17/h3-4,13-14,18,21,26H,1-2,7-12,15H2,(H2,23,24,27)/t18-,21-/m1/s1. The minimum Gasteiger partial charge on any atom is -0.485 e. The average Bonchev–Trinajstić information content (AvgIpc) is 3.47. The first-order valence-electron chi connectivity index (χ1n) is 10.4. The molecular weight excluding hydrogens is 402 g/mol. The number of carbonyl (C=O) groups is 1. The zero-order valence-corrected chi connectivity index (χ0v) is 17.7. The van der Waals surface area contributed by atoms with Crippen molar-refractivity contribution in [2.45, 2.75) is 31.4 Å². The minimum atomic E-state index is -0.930. The normalized spacial score (nSPS) is 20.1. The van der Waals surface area contributed by atoms with Gasteiger partial charge in [-0.1, -0.05) is 11.8 Å². The van der Waals surface area contributed by atoms with Crippen molar-refractivity contribution in [2.24, 2.45) is 0 Å². The molecule has 2 amide bonds. The van der Waals surface area contributed by atoms with Crippen LogP contribution in [0.3, 0.4) is 0 Å². The van der Waals surface area contributed by atoms with Gasteiger partial charge in [0.2, 0.25) is 5.76 Å². The molecule has 3 aliphatic rings. The molecule has 7 nitrogen and oxygen atoms in total. The Morgan fingerprint density at radius 3 is 2.90 bits per heavy atom. The average molecular weight is 430 g/mol. The third kappa shape index (κ3) is 5.36. The number of aliphatic hydroxyl groups is 1. The molecule has 0 saturated carbocycles. The lowest BCUT2D eigenvalue weighted by molar-refractivity contribution is 0.0589. The van der Waals surface area contributed by atoms with Crippen LogP contribution in [0.5, 0.6) is 0 Å². The van der Waals surface area contributed by atoms with Gasteiger partial charge in [0.15, 0.2) is 5.76 Å². The second-order valence-corrected chi connectivity index (χ2v) is 8.56. The molecule has 160 valence electrons. The van der Waals surface area contributed by atoms with Crippen molar-refractivity contribution in [3.8, 4) is 0 Å². The van der Waals surface area contributed by atoms with Crippen LogP contribution in [0.15, 0.2) is 52.1 Å². The molecule has 0 aromatic carbocycles. The number of aliphatic hydroxyl groups excluding tert-OH is 1. The number of nitrogens with zero attached hydrogens (tertiary/aromatic N) is 1. The summed E-state index contributed by atoms with van der Waals surface area (Å²) in [5, 5.41) is 18.9. The number of fused-ring (bicyclic) bond motifs is 1. The highest BCUT2D eigenvalue weighted by molar-refractivity contribution is 7.09. The molecule has 2 saturated heterocycles. The number of likely N-dealkylation sites (tertiary alicyclic amines) is 1. The number of hydrogen-bond donors (Lipinski definition) is 3. The van der Waals surface area contributed by atoms with Gasteiger partial charge in [0.25, 0.3) is 0 Å². The molecule has 0 bridgehead atoms. The van der Waals surface area contributed by atoms with Crippen LogP contribution >= 0.6 is 11.3 Å². The van der Waals surface area contributed by atoms with E-state index < -0.39 is 12.1 Å². The summed E-state index contributed by atoms with van der Waals surface area (Å²) in [7, 11) is 0. The zero-order valence-electron chi connectivity index (χ0n) is 16.9. The van der Waals surface area contributed by atoms with E-state index in [4.69, 9.17) is 9.47 Å². The Labute approximate surface area is 180 Å². The molecule has 4 rings (SSSR count). The van der Waals surface area contributed by atoms with E-state index in [1.54, 1.807) is 17.4 Å². The van der Waals surface area contributed by atoms with Crippen molar-refractivity contribution in [3.05, 3.63) is 57.0 Å². The summed E-state index contributed by atoms with van der Waals surface area (Å²) in [5.41, 5.74) is 6.41. The molecule has 2 atom stereocenters. The Balaban J connectivity index is 1.41. The largest absolute Gasteiger partial charge is 0.485 e. The number of amides is 2. The summed E-state index contributed by atoms with van der Waals surface area (Å²) < 4.78 is 11.1.